The van der Waals surface area contributed by atoms with Crippen LogP contribution in [0.3, 0.4) is 0 Å². The molecule has 0 aliphatic heterocycles. The van der Waals surface area contributed by atoms with Gasteiger partial charge in [-0.05, 0) is 12.1 Å². The molecule has 102 valence electrons. The SMILES string of the molecule is Nc1ccccc1OCCn1cc(C(F)(F)F)cn1. The maximum atomic E-state index is 12.3. The molecular weight excluding hydrogens is 259 g/mol. The highest BCUT2D eigenvalue weighted by atomic mass is 19.4. The predicted octanol–water partition coefficient (Wildman–Crippen LogP) is 2.56. The predicted molar refractivity (Wildman–Crippen MR) is 63.6 cm³/mol. The molecular formula is C12H12F3N3O. The summed E-state index contributed by atoms with van der Waals surface area (Å²) in [7, 11) is 0. The van der Waals surface area contributed by atoms with Crippen LogP contribution in [-0.2, 0) is 12.7 Å². The van der Waals surface area contributed by atoms with Crippen molar-refractivity contribution >= 4 is 5.69 Å². The number of ether oxygens (including phenoxy) is 1. The minimum Gasteiger partial charge on any atom is -0.490 e. The molecule has 7 heteroatoms. The Labute approximate surface area is 107 Å². The fourth-order valence-corrected chi connectivity index (χ4v) is 1.49. The van der Waals surface area contributed by atoms with Gasteiger partial charge in [0.25, 0.3) is 0 Å². The summed E-state index contributed by atoms with van der Waals surface area (Å²) < 4.78 is 43.6. The van der Waals surface area contributed by atoms with Crippen molar-refractivity contribution < 1.29 is 17.9 Å². The summed E-state index contributed by atoms with van der Waals surface area (Å²) >= 11 is 0. The highest BCUT2D eigenvalue weighted by Crippen LogP contribution is 2.28. The van der Waals surface area contributed by atoms with E-state index in [1.165, 1.54) is 4.68 Å². The maximum absolute atomic E-state index is 12.3. The lowest BCUT2D eigenvalue weighted by molar-refractivity contribution is -0.137. The van der Waals surface area contributed by atoms with Gasteiger partial charge < -0.3 is 10.5 Å². The average Bonchev–Trinajstić information content (AvgIpc) is 2.80. The molecule has 0 bridgehead atoms. The molecule has 19 heavy (non-hydrogen) atoms. The number of aromatic nitrogens is 2. The number of benzene rings is 1. The smallest absolute Gasteiger partial charge is 0.419 e. The van der Waals surface area contributed by atoms with Crippen molar-refractivity contribution in [3.05, 3.63) is 42.2 Å². The maximum Gasteiger partial charge on any atom is 0.419 e. The van der Waals surface area contributed by atoms with E-state index in [1.54, 1.807) is 24.3 Å². The monoisotopic (exact) mass is 271 g/mol. The van der Waals surface area contributed by atoms with Crippen LogP contribution in [-0.4, -0.2) is 16.4 Å². The molecule has 0 aliphatic carbocycles. The van der Waals surface area contributed by atoms with E-state index in [0.717, 1.165) is 12.4 Å². The summed E-state index contributed by atoms with van der Waals surface area (Å²) in [4.78, 5) is 0. The zero-order valence-electron chi connectivity index (χ0n) is 9.89. The molecule has 0 atom stereocenters. The van der Waals surface area contributed by atoms with Crippen LogP contribution in [0.4, 0.5) is 18.9 Å². The number of nitrogen functional groups attached to an aromatic ring is 1. The van der Waals surface area contributed by atoms with Gasteiger partial charge in [-0.2, -0.15) is 18.3 Å². The zero-order valence-corrected chi connectivity index (χ0v) is 9.89. The van der Waals surface area contributed by atoms with Gasteiger partial charge >= 0.3 is 6.18 Å². The lowest BCUT2D eigenvalue weighted by Crippen LogP contribution is -2.09. The first-order valence-electron chi connectivity index (χ1n) is 5.54. The number of alkyl halides is 3. The Bertz CT molecular complexity index is 551. The van der Waals surface area contributed by atoms with Gasteiger partial charge in [0, 0.05) is 6.20 Å². The van der Waals surface area contributed by atoms with Gasteiger partial charge in [-0.3, -0.25) is 4.68 Å². The van der Waals surface area contributed by atoms with Crippen LogP contribution < -0.4 is 10.5 Å². The van der Waals surface area contributed by atoms with Gasteiger partial charge in [0.15, 0.2) is 0 Å². The molecule has 2 rings (SSSR count). The minimum absolute atomic E-state index is 0.188. The van der Waals surface area contributed by atoms with Gasteiger partial charge in [0.2, 0.25) is 0 Å². The lowest BCUT2D eigenvalue weighted by atomic mass is 10.3. The van der Waals surface area contributed by atoms with Gasteiger partial charge in [0.05, 0.1) is 24.0 Å². The highest BCUT2D eigenvalue weighted by molar-refractivity contribution is 5.51. The second-order valence-corrected chi connectivity index (χ2v) is 3.88. The number of halogens is 3. The van der Waals surface area contributed by atoms with Crippen molar-refractivity contribution in [2.45, 2.75) is 12.7 Å². The Morgan fingerprint density at radius 2 is 2.00 bits per heavy atom. The van der Waals surface area contributed by atoms with E-state index in [0.29, 0.717) is 11.4 Å². The van der Waals surface area contributed by atoms with E-state index in [2.05, 4.69) is 5.10 Å². The van der Waals surface area contributed by atoms with Crippen LogP contribution in [0.2, 0.25) is 0 Å². The zero-order chi connectivity index (χ0) is 13.9. The summed E-state index contributed by atoms with van der Waals surface area (Å²) in [6.45, 7) is 0.400. The summed E-state index contributed by atoms with van der Waals surface area (Å²) in [6.07, 6.45) is -2.64. The summed E-state index contributed by atoms with van der Waals surface area (Å²) in [5, 5.41) is 3.62. The van der Waals surface area contributed by atoms with Crippen molar-refractivity contribution in [2.75, 3.05) is 12.3 Å². The number of anilines is 1. The van der Waals surface area contributed by atoms with Crippen molar-refractivity contribution in [3.8, 4) is 5.75 Å². The molecule has 0 amide bonds. The van der Waals surface area contributed by atoms with Crippen molar-refractivity contribution in [1.82, 2.24) is 9.78 Å². The van der Waals surface area contributed by atoms with Gasteiger partial charge in [0.1, 0.15) is 12.4 Å². The lowest BCUT2D eigenvalue weighted by Gasteiger charge is -2.08. The fourth-order valence-electron chi connectivity index (χ4n) is 1.49. The molecule has 0 saturated heterocycles. The number of para-hydroxylation sites is 2. The van der Waals surface area contributed by atoms with Crippen LogP contribution in [0.15, 0.2) is 36.7 Å². The molecule has 1 aromatic carbocycles. The summed E-state index contributed by atoms with van der Waals surface area (Å²) in [5.74, 6) is 0.505. The Morgan fingerprint density at radius 3 is 2.63 bits per heavy atom. The van der Waals surface area contributed by atoms with Gasteiger partial charge in [-0.25, -0.2) is 0 Å². The van der Waals surface area contributed by atoms with Crippen LogP contribution in [0.25, 0.3) is 0 Å². The van der Waals surface area contributed by atoms with Gasteiger partial charge in [-0.15, -0.1) is 0 Å². The van der Waals surface area contributed by atoms with E-state index < -0.39 is 11.7 Å². The number of hydrogen-bond acceptors (Lipinski definition) is 3. The Hall–Kier alpha value is -2.18. The molecule has 2 N–H and O–H groups in total. The molecule has 0 fully saturated rings. The molecule has 0 aliphatic rings. The van der Waals surface area contributed by atoms with Crippen molar-refractivity contribution in [3.63, 3.8) is 0 Å². The van der Waals surface area contributed by atoms with Crippen LogP contribution in [0.1, 0.15) is 5.56 Å². The quantitative estimate of drug-likeness (QED) is 0.869. The molecule has 0 saturated carbocycles. The normalized spacial score (nSPS) is 11.5. The number of nitrogens with two attached hydrogens (primary N) is 1. The molecule has 1 aromatic heterocycles. The second kappa shape index (κ2) is 5.21. The molecule has 4 nitrogen and oxygen atoms in total. The number of hydrogen-bond donors (Lipinski definition) is 1. The molecule has 0 radical (unpaired) electrons. The van der Waals surface area contributed by atoms with Crippen molar-refractivity contribution in [1.29, 1.82) is 0 Å². The first-order chi connectivity index (χ1) is 8.97. The second-order valence-electron chi connectivity index (χ2n) is 3.88. The summed E-state index contributed by atoms with van der Waals surface area (Å²) in [5.41, 5.74) is 5.38. The van der Waals surface area contributed by atoms with Crippen LogP contribution in [0.5, 0.6) is 5.75 Å². The Kier molecular flexibility index (Phi) is 3.64. The van der Waals surface area contributed by atoms with E-state index in [-0.39, 0.29) is 13.2 Å². The first kappa shape index (κ1) is 13.3. The standard InChI is InChI=1S/C12H12F3N3O/c13-12(14,15)9-7-17-18(8-9)5-6-19-11-4-2-1-3-10(11)16/h1-4,7-8H,5-6,16H2. The third-order valence-corrected chi connectivity index (χ3v) is 2.46. The molecule has 0 spiro atoms. The third kappa shape index (κ3) is 3.40. The first-order valence-corrected chi connectivity index (χ1v) is 5.54. The van der Waals surface area contributed by atoms with E-state index in [1.807, 2.05) is 0 Å². The van der Waals surface area contributed by atoms with Crippen molar-refractivity contribution in [2.24, 2.45) is 0 Å². The molecule has 1 heterocycles. The van der Waals surface area contributed by atoms with E-state index in [4.69, 9.17) is 10.5 Å². The number of rotatable bonds is 4. The topological polar surface area (TPSA) is 53.1 Å². The Balaban J connectivity index is 1.90. The third-order valence-electron chi connectivity index (χ3n) is 2.46. The Morgan fingerprint density at radius 1 is 1.26 bits per heavy atom. The van der Waals surface area contributed by atoms with Crippen LogP contribution >= 0.6 is 0 Å². The van der Waals surface area contributed by atoms with Gasteiger partial charge in [-0.1, -0.05) is 12.1 Å². The molecule has 2 aromatic rings. The highest BCUT2D eigenvalue weighted by Gasteiger charge is 2.32. The minimum atomic E-state index is -4.37. The number of nitrogens with zero attached hydrogens (tertiary/aromatic N) is 2. The summed E-state index contributed by atoms with van der Waals surface area (Å²) in [6, 6.07) is 6.91. The van der Waals surface area contributed by atoms with E-state index in [9.17, 15) is 13.2 Å². The largest absolute Gasteiger partial charge is 0.490 e. The van der Waals surface area contributed by atoms with E-state index >= 15 is 0 Å². The van der Waals surface area contributed by atoms with Crippen LogP contribution in [0, 0.1) is 0 Å². The fraction of sp³-hybridized carbons (Fsp3) is 0.250. The molecule has 0 unspecified atom stereocenters. The average molecular weight is 271 g/mol.